The molecule has 3 aliphatic rings. The molecule has 1 aromatic carbocycles. The van der Waals surface area contributed by atoms with E-state index in [1.807, 2.05) is 17.0 Å². The standard InChI is InChI=1S/C23H30F2N4O/c24-21(25)14-29-9-7-17(8-10-29)16-3-1-15(2-4-16)11-20(13-26)28-23(30)22-18-5-6-19(12-18)27-22/h1-4,17-22,27H,5-12,14H2,(H,28,30)/t18?,19?,20-,22?/m0/s1. The number of benzene rings is 1. The number of likely N-dealkylation sites (tertiary alicyclic amines) is 1. The smallest absolute Gasteiger partial charge is 0.251 e. The molecule has 2 N–H and O–H groups in total. The molecular weight excluding hydrogens is 386 g/mol. The Bertz CT molecular complexity index is 770. The third-order valence-electron chi connectivity index (χ3n) is 6.99. The van der Waals surface area contributed by atoms with E-state index in [0.29, 0.717) is 37.4 Å². The summed E-state index contributed by atoms with van der Waals surface area (Å²) in [7, 11) is 0. The minimum atomic E-state index is -2.27. The Morgan fingerprint density at radius 2 is 1.93 bits per heavy atom. The van der Waals surface area contributed by atoms with Gasteiger partial charge in [-0.1, -0.05) is 24.3 Å². The highest BCUT2D eigenvalue weighted by atomic mass is 19.3. The molecule has 7 heteroatoms. The minimum Gasteiger partial charge on any atom is -0.339 e. The second-order valence-corrected chi connectivity index (χ2v) is 9.02. The van der Waals surface area contributed by atoms with Gasteiger partial charge in [0.15, 0.2) is 0 Å². The van der Waals surface area contributed by atoms with Crippen molar-refractivity contribution in [3.63, 3.8) is 0 Å². The average molecular weight is 417 g/mol. The van der Waals surface area contributed by atoms with Crippen molar-refractivity contribution >= 4 is 5.91 Å². The van der Waals surface area contributed by atoms with Crippen LogP contribution in [0.25, 0.3) is 0 Å². The highest BCUT2D eigenvalue weighted by Crippen LogP contribution is 2.35. The summed E-state index contributed by atoms with van der Waals surface area (Å²) in [6, 6.07) is 10.2. The second-order valence-electron chi connectivity index (χ2n) is 9.02. The summed E-state index contributed by atoms with van der Waals surface area (Å²) in [5, 5.41) is 15.8. The van der Waals surface area contributed by atoms with Crippen LogP contribution in [0.4, 0.5) is 8.78 Å². The van der Waals surface area contributed by atoms with Crippen molar-refractivity contribution < 1.29 is 13.6 Å². The van der Waals surface area contributed by atoms with Gasteiger partial charge >= 0.3 is 0 Å². The largest absolute Gasteiger partial charge is 0.339 e. The van der Waals surface area contributed by atoms with Crippen molar-refractivity contribution in [1.29, 1.82) is 5.26 Å². The molecule has 1 aliphatic carbocycles. The van der Waals surface area contributed by atoms with Gasteiger partial charge in [-0.05, 0) is 68.2 Å². The Balaban J connectivity index is 1.27. The van der Waals surface area contributed by atoms with Crippen LogP contribution in [0.15, 0.2) is 24.3 Å². The first-order valence-electron chi connectivity index (χ1n) is 11.1. The zero-order valence-electron chi connectivity index (χ0n) is 17.2. The number of halogens is 2. The predicted molar refractivity (Wildman–Crippen MR) is 110 cm³/mol. The van der Waals surface area contributed by atoms with Crippen molar-refractivity contribution in [1.82, 2.24) is 15.5 Å². The fourth-order valence-electron chi connectivity index (χ4n) is 5.35. The van der Waals surface area contributed by atoms with E-state index in [1.54, 1.807) is 0 Å². The lowest BCUT2D eigenvalue weighted by molar-refractivity contribution is -0.124. The number of amides is 1. The zero-order valence-corrected chi connectivity index (χ0v) is 17.2. The first-order valence-corrected chi connectivity index (χ1v) is 11.1. The van der Waals surface area contributed by atoms with Gasteiger partial charge in [-0.2, -0.15) is 5.26 Å². The molecule has 2 saturated heterocycles. The van der Waals surface area contributed by atoms with E-state index >= 15 is 0 Å². The number of rotatable bonds is 7. The van der Waals surface area contributed by atoms with E-state index in [0.717, 1.165) is 37.7 Å². The first-order chi connectivity index (χ1) is 14.5. The van der Waals surface area contributed by atoms with Crippen molar-refractivity contribution in [3.05, 3.63) is 35.4 Å². The molecule has 1 saturated carbocycles. The number of hydrogen-bond donors (Lipinski definition) is 2. The van der Waals surface area contributed by atoms with E-state index in [-0.39, 0.29) is 18.5 Å². The van der Waals surface area contributed by atoms with Crippen LogP contribution in [0.2, 0.25) is 0 Å². The maximum absolute atomic E-state index is 12.6. The topological polar surface area (TPSA) is 68.2 Å². The fraction of sp³-hybridized carbons (Fsp3) is 0.652. The Hall–Kier alpha value is -2.04. The number of nitrogens with one attached hydrogen (secondary N) is 2. The molecular formula is C23H30F2N4O. The van der Waals surface area contributed by atoms with Crippen LogP contribution in [0.1, 0.15) is 49.1 Å². The number of carbonyl (C=O) groups is 1. The molecule has 162 valence electrons. The highest BCUT2D eigenvalue weighted by molar-refractivity contribution is 5.83. The number of alkyl halides is 2. The molecule has 2 heterocycles. The van der Waals surface area contributed by atoms with Gasteiger partial charge in [0.25, 0.3) is 6.43 Å². The Labute approximate surface area is 176 Å². The van der Waals surface area contributed by atoms with Crippen molar-refractivity contribution in [2.24, 2.45) is 5.92 Å². The van der Waals surface area contributed by atoms with Crippen LogP contribution in [-0.4, -0.2) is 55.0 Å². The van der Waals surface area contributed by atoms with Crippen LogP contribution in [0, 0.1) is 17.2 Å². The number of fused-ring (bicyclic) bond motifs is 2. The number of nitriles is 1. The van der Waals surface area contributed by atoms with E-state index in [4.69, 9.17) is 0 Å². The molecule has 4 atom stereocenters. The van der Waals surface area contributed by atoms with E-state index in [9.17, 15) is 18.8 Å². The van der Waals surface area contributed by atoms with Gasteiger partial charge in [0, 0.05) is 12.5 Å². The normalized spacial score (nSPS) is 27.9. The molecule has 1 amide bonds. The lowest BCUT2D eigenvalue weighted by atomic mass is 9.88. The summed E-state index contributed by atoms with van der Waals surface area (Å²) in [6.07, 6.45) is 3.30. The average Bonchev–Trinajstić information content (AvgIpc) is 3.38. The van der Waals surface area contributed by atoms with Crippen LogP contribution in [0.3, 0.4) is 0 Å². The van der Waals surface area contributed by atoms with Crippen LogP contribution >= 0.6 is 0 Å². The summed E-state index contributed by atoms with van der Waals surface area (Å²) in [5.41, 5.74) is 2.24. The van der Waals surface area contributed by atoms with Gasteiger partial charge in [0.1, 0.15) is 6.04 Å². The summed E-state index contributed by atoms with van der Waals surface area (Å²) in [4.78, 5) is 14.4. The molecule has 5 nitrogen and oxygen atoms in total. The maximum Gasteiger partial charge on any atom is 0.251 e. The quantitative estimate of drug-likeness (QED) is 0.717. The number of piperidine rings is 2. The first kappa shape index (κ1) is 21.2. The fourth-order valence-corrected chi connectivity index (χ4v) is 5.35. The third kappa shape index (κ3) is 4.98. The third-order valence-corrected chi connectivity index (χ3v) is 6.99. The molecule has 3 fully saturated rings. The Kier molecular flexibility index (Phi) is 6.64. The van der Waals surface area contributed by atoms with Crippen LogP contribution in [0.5, 0.6) is 0 Å². The molecule has 4 rings (SSSR count). The molecule has 0 aromatic heterocycles. The molecule has 3 unspecified atom stereocenters. The molecule has 2 bridgehead atoms. The monoisotopic (exact) mass is 416 g/mol. The Morgan fingerprint density at radius 1 is 1.20 bits per heavy atom. The van der Waals surface area contributed by atoms with Crippen molar-refractivity contribution in [3.8, 4) is 6.07 Å². The number of nitrogens with zero attached hydrogens (tertiary/aromatic N) is 2. The molecule has 1 aromatic rings. The second kappa shape index (κ2) is 9.40. The summed E-state index contributed by atoms with van der Waals surface area (Å²) >= 11 is 0. The van der Waals surface area contributed by atoms with Gasteiger partial charge in [0.2, 0.25) is 5.91 Å². The zero-order chi connectivity index (χ0) is 21.1. The SMILES string of the molecule is N#C[C@H](Cc1ccc(C2CCN(CC(F)F)CC2)cc1)NC(=O)C1NC2CCC1C2. The van der Waals surface area contributed by atoms with Gasteiger partial charge < -0.3 is 10.6 Å². The van der Waals surface area contributed by atoms with Gasteiger partial charge in [-0.3, -0.25) is 9.69 Å². The maximum atomic E-state index is 12.6. The van der Waals surface area contributed by atoms with Crippen molar-refractivity contribution in [2.75, 3.05) is 19.6 Å². The van der Waals surface area contributed by atoms with E-state index in [2.05, 4.69) is 28.8 Å². The molecule has 30 heavy (non-hydrogen) atoms. The van der Waals surface area contributed by atoms with Gasteiger partial charge in [0.05, 0.1) is 18.7 Å². The van der Waals surface area contributed by atoms with E-state index < -0.39 is 12.5 Å². The minimum absolute atomic E-state index is 0.0547. The van der Waals surface area contributed by atoms with Gasteiger partial charge in [-0.25, -0.2) is 8.78 Å². The summed E-state index contributed by atoms with van der Waals surface area (Å²) < 4.78 is 25.1. The predicted octanol–water partition coefficient (Wildman–Crippen LogP) is 2.82. The van der Waals surface area contributed by atoms with Crippen molar-refractivity contribution in [2.45, 2.75) is 69.0 Å². The molecule has 2 aliphatic heterocycles. The molecule has 0 spiro atoms. The molecule has 0 radical (unpaired) electrons. The van der Waals surface area contributed by atoms with Gasteiger partial charge in [-0.15, -0.1) is 0 Å². The lowest BCUT2D eigenvalue weighted by Gasteiger charge is -2.32. The summed E-state index contributed by atoms with van der Waals surface area (Å²) in [6.45, 7) is 1.28. The van der Waals surface area contributed by atoms with Crippen LogP contribution < -0.4 is 10.6 Å². The summed E-state index contributed by atoms with van der Waals surface area (Å²) in [5.74, 6) is 0.741. The highest BCUT2D eigenvalue weighted by Gasteiger charge is 2.43. The lowest BCUT2D eigenvalue weighted by Crippen LogP contribution is -2.50. The number of hydrogen-bond acceptors (Lipinski definition) is 4. The van der Waals surface area contributed by atoms with E-state index in [1.165, 1.54) is 5.56 Å². The Morgan fingerprint density at radius 3 is 2.50 bits per heavy atom. The number of carbonyl (C=O) groups excluding carboxylic acids is 1. The van der Waals surface area contributed by atoms with Crippen LogP contribution in [-0.2, 0) is 11.2 Å².